The van der Waals surface area contributed by atoms with E-state index in [4.69, 9.17) is 26.2 Å². The Morgan fingerprint density at radius 2 is 2.14 bits per heavy atom. The summed E-state index contributed by atoms with van der Waals surface area (Å²) < 4.78 is 25.2. The van der Waals surface area contributed by atoms with Crippen molar-refractivity contribution in [2.75, 3.05) is 13.1 Å². The van der Waals surface area contributed by atoms with Crippen LogP contribution >= 0.6 is 23.4 Å². The Bertz CT molecular complexity index is 888. The number of hydrogen-bond donors (Lipinski definition) is 2. The summed E-state index contributed by atoms with van der Waals surface area (Å²) >= 11 is 6.99. The molecule has 3 rings (SSSR count). The molecule has 1 fully saturated rings. The van der Waals surface area contributed by atoms with E-state index in [-0.39, 0.29) is 18.5 Å². The van der Waals surface area contributed by atoms with Gasteiger partial charge < -0.3 is 19.9 Å². The third-order valence-electron chi connectivity index (χ3n) is 4.19. The molecule has 0 atom stereocenters. The van der Waals surface area contributed by atoms with Crippen LogP contribution in [-0.4, -0.2) is 35.4 Å². The number of nitrogens with one attached hydrogen (secondary N) is 2. The number of nitrogens with zero attached hydrogens (tertiary/aromatic N) is 2. The molecule has 2 aromatic rings. The number of benzene rings is 1. The third-order valence-corrected chi connectivity index (χ3v) is 5.22. The van der Waals surface area contributed by atoms with Crippen molar-refractivity contribution < 1.29 is 13.5 Å². The maximum atomic E-state index is 13.2. The van der Waals surface area contributed by atoms with Gasteiger partial charge in [-0.05, 0) is 68.9 Å². The lowest BCUT2D eigenvalue weighted by molar-refractivity contribution is 0.0181. The molecule has 1 saturated heterocycles. The topological polar surface area (TPSA) is 83.5 Å². The molecule has 0 unspecified atom stereocenters. The van der Waals surface area contributed by atoms with E-state index in [2.05, 4.69) is 15.3 Å². The van der Waals surface area contributed by atoms with Crippen molar-refractivity contribution in [3.63, 3.8) is 0 Å². The number of piperidine rings is 1. The van der Waals surface area contributed by atoms with E-state index in [1.165, 1.54) is 30.1 Å². The van der Waals surface area contributed by atoms with Crippen molar-refractivity contribution in [1.82, 2.24) is 10.3 Å². The molecule has 0 aliphatic carbocycles. The first-order valence-corrected chi connectivity index (χ1v) is 10.4. The van der Waals surface area contributed by atoms with Gasteiger partial charge in [0.1, 0.15) is 16.6 Å². The van der Waals surface area contributed by atoms with Gasteiger partial charge in [-0.15, -0.1) is 0 Å². The second kappa shape index (κ2) is 10.7. The summed E-state index contributed by atoms with van der Waals surface area (Å²) in [4.78, 5) is 8.73. The van der Waals surface area contributed by atoms with Crippen molar-refractivity contribution in [2.24, 2.45) is 4.99 Å². The second-order valence-corrected chi connectivity index (χ2v) is 8.04. The van der Waals surface area contributed by atoms with E-state index >= 15 is 0 Å². The molecule has 1 aromatic heterocycles. The molecule has 29 heavy (non-hydrogen) atoms. The van der Waals surface area contributed by atoms with Gasteiger partial charge in [0.05, 0.1) is 18.9 Å². The Balaban J connectivity index is 1.84. The highest BCUT2D eigenvalue weighted by atomic mass is 35.5. The van der Waals surface area contributed by atoms with Gasteiger partial charge in [0, 0.05) is 16.8 Å². The number of hydrogen-bond acceptors (Lipinski definition) is 7. The van der Waals surface area contributed by atoms with Crippen molar-refractivity contribution in [2.45, 2.75) is 37.6 Å². The number of halogens is 2. The number of ether oxygens (including phenoxy) is 1. The number of oxazole rings is 1. The molecule has 0 spiro atoms. The summed E-state index contributed by atoms with van der Waals surface area (Å²) in [6, 6.07) is 5.93. The number of aromatic nitrogens is 1. The van der Waals surface area contributed by atoms with Gasteiger partial charge in [-0.2, -0.15) is 0 Å². The molecule has 1 aliphatic rings. The SMILES string of the molecule is CC(Cl)=CN=C(C=N)Sc1oc(-c2ccc(F)cc2)nc1COC1CCNCC1. The molecule has 9 heteroatoms. The van der Waals surface area contributed by atoms with Crippen LogP contribution in [0.5, 0.6) is 0 Å². The predicted octanol–water partition coefficient (Wildman–Crippen LogP) is 4.99. The van der Waals surface area contributed by atoms with Gasteiger partial charge in [0.15, 0.2) is 5.09 Å². The molecule has 6 nitrogen and oxygen atoms in total. The van der Waals surface area contributed by atoms with E-state index in [1.807, 2.05) is 0 Å². The van der Waals surface area contributed by atoms with Gasteiger partial charge in [0.2, 0.25) is 5.89 Å². The first kappa shape index (κ1) is 21.7. The van der Waals surface area contributed by atoms with Gasteiger partial charge in [-0.25, -0.2) is 14.4 Å². The fraction of sp³-hybridized carbons (Fsp3) is 0.350. The molecule has 154 valence electrons. The van der Waals surface area contributed by atoms with Crippen LogP contribution in [0.1, 0.15) is 25.5 Å². The molecule has 1 aromatic carbocycles. The molecule has 2 heterocycles. The van der Waals surface area contributed by atoms with E-state index in [9.17, 15) is 4.39 Å². The maximum Gasteiger partial charge on any atom is 0.227 e. The van der Waals surface area contributed by atoms with Crippen LogP contribution in [0, 0.1) is 11.2 Å². The zero-order valence-corrected chi connectivity index (χ0v) is 17.5. The van der Waals surface area contributed by atoms with Gasteiger partial charge in [-0.3, -0.25) is 0 Å². The van der Waals surface area contributed by atoms with Crippen molar-refractivity contribution in [1.29, 1.82) is 5.41 Å². The number of allylic oxidation sites excluding steroid dienone is 1. The number of thioether (sulfide) groups is 1. The van der Waals surface area contributed by atoms with E-state index in [1.54, 1.807) is 19.1 Å². The Hall–Kier alpha value is -2.00. The maximum absolute atomic E-state index is 13.2. The lowest BCUT2D eigenvalue weighted by atomic mass is 10.1. The fourth-order valence-corrected chi connectivity index (χ4v) is 3.47. The smallest absolute Gasteiger partial charge is 0.227 e. The summed E-state index contributed by atoms with van der Waals surface area (Å²) in [5.74, 6) is 0.0376. The average Bonchev–Trinajstić information content (AvgIpc) is 3.13. The Labute approximate surface area is 178 Å². The zero-order chi connectivity index (χ0) is 20.6. The third kappa shape index (κ3) is 6.50. The van der Waals surface area contributed by atoms with Crippen LogP contribution in [0.4, 0.5) is 4.39 Å². The molecule has 2 N–H and O–H groups in total. The normalized spacial score (nSPS) is 16.2. The Morgan fingerprint density at radius 1 is 1.41 bits per heavy atom. The summed E-state index contributed by atoms with van der Waals surface area (Å²) in [7, 11) is 0. The molecular formula is C20H22ClFN4O2S. The monoisotopic (exact) mass is 436 g/mol. The Morgan fingerprint density at radius 3 is 2.79 bits per heavy atom. The predicted molar refractivity (Wildman–Crippen MR) is 114 cm³/mol. The largest absolute Gasteiger partial charge is 0.429 e. The minimum absolute atomic E-state index is 0.165. The highest BCUT2D eigenvalue weighted by Crippen LogP contribution is 2.31. The van der Waals surface area contributed by atoms with Crippen molar-refractivity contribution in [3.05, 3.63) is 47.0 Å². The summed E-state index contributed by atoms with van der Waals surface area (Å²) in [5, 5.41) is 12.3. The van der Waals surface area contributed by atoms with Crippen LogP contribution in [0.25, 0.3) is 11.5 Å². The molecule has 0 bridgehead atoms. The standard InChI is InChI=1S/C20H22ClFN4O2S/c1-13(21)11-25-18(10-23)29-20-17(12-27-16-6-8-24-9-7-16)26-19(28-20)14-2-4-15(22)5-3-14/h2-5,10-11,16,23-24H,6-9,12H2,1H3. The number of aliphatic imine (C=N–C) groups is 1. The Kier molecular flexibility index (Phi) is 8.00. The van der Waals surface area contributed by atoms with Gasteiger partial charge in [0.25, 0.3) is 0 Å². The lowest BCUT2D eigenvalue weighted by Crippen LogP contribution is -2.32. The summed E-state index contributed by atoms with van der Waals surface area (Å²) in [6.07, 6.45) is 4.64. The van der Waals surface area contributed by atoms with Crippen molar-refractivity contribution >= 4 is 34.6 Å². The van der Waals surface area contributed by atoms with Crippen LogP contribution < -0.4 is 5.32 Å². The minimum Gasteiger partial charge on any atom is -0.429 e. The fourth-order valence-electron chi connectivity index (χ4n) is 2.72. The van der Waals surface area contributed by atoms with E-state index < -0.39 is 0 Å². The quantitative estimate of drug-likeness (QED) is 0.363. The summed E-state index contributed by atoms with van der Waals surface area (Å²) in [6.45, 7) is 3.85. The van der Waals surface area contributed by atoms with Crippen LogP contribution in [0.15, 0.2) is 50.0 Å². The molecule has 0 radical (unpaired) electrons. The van der Waals surface area contributed by atoms with Gasteiger partial charge >= 0.3 is 0 Å². The van der Waals surface area contributed by atoms with Crippen LogP contribution in [0.2, 0.25) is 0 Å². The minimum atomic E-state index is -0.328. The molecule has 1 aliphatic heterocycles. The first-order chi connectivity index (χ1) is 14.0. The zero-order valence-electron chi connectivity index (χ0n) is 16.0. The molecule has 0 saturated carbocycles. The first-order valence-electron chi connectivity index (χ1n) is 9.21. The van der Waals surface area contributed by atoms with E-state index in [0.29, 0.717) is 32.3 Å². The van der Waals surface area contributed by atoms with Crippen LogP contribution in [-0.2, 0) is 11.3 Å². The van der Waals surface area contributed by atoms with E-state index in [0.717, 1.165) is 32.1 Å². The highest BCUT2D eigenvalue weighted by molar-refractivity contribution is 8.15. The second-order valence-electron chi connectivity index (χ2n) is 6.45. The van der Waals surface area contributed by atoms with Crippen LogP contribution in [0.3, 0.4) is 0 Å². The highest BCUT2D eigenvalue weighted by Gasteiger charge is 2.20. The summed E-state index contributed by atoms with van der Waals surface area (Å²) in [5.41, 5.74) is 1.28. The molecule has 0 amide bonds. The van der Waals surface area contributed by atoms with Gasteiger partial charge in [-0.1, -0.05) is 11.6 Å². The lowest BCUT2D eigenvalue weighted by Gasteiger charge is -2.22. The van der Waals surface area contributed by atoms with Crippen molar-refractivity contribution in [3.8, 4) is 11.5 Å². The average molecular weight is 437 g/mol. The number of rotatable bonds is 7. The molecular weight excluding hydrogens is 415 g/mol.